The summed E-state index contributed by atoms with van der Waals surface area (Å²) in [6, 6.07) is 5.52. The van der Waals surface area contributed by atoms with Crippen molar-refractivity contribution >= 4 is 11.9 Å². The quantitative estimate of drug-likeness (QED) is 0.621. The summed E-state index contributed by atoms with van der Waals surface area (Å²) in [5, 5.41) is 0. The van der Waals surface area contributed by atoms with Gasteiger partial charge in [-0.2, -0.15) is 0 Å². The first-order chi connectivity index (χ1) is 10.1. The van der Waals surface area contributed by atoms with E-state index in [0.717, 1.165) is 11.1 Å². The van der Waals surface area contributed by atoms with Crippen LogP contribution in [0, 0.1) is 24.7 Å². The van der Waals surface area contributed by atoms with Gasteiger partial charge in [0.15, 0.2) is 0 Å². The molecule has 1 aliphatic heterocycles. The number of carbonyl (C=O) groups is 2. The number of carbonyl (C=O) groups excluding carboxylic acids is 2. The standard InChI is InChI=1S/C18H22O4/c1-11-6-7-13(10-12(11)2)21-15(20)18-9-8-17(5,14(19)22-18)16(18,3)4/h6-7,10H,8-9H2,1-5H3. The van der Waals surface area contributed by atoms with E-state index in [9.17, 15) is 9.59 Å². The Morgan fingerprint density at radius 2 is 1.82 bits per heavy atom. The average molecular weight is 302 g/mol. The van der Waals surface area contributed by atoms with Crippen LogP contribution in [0.5, 0.6) is 5.75 Å². The van der Waals surface area contributed by atoms with Gasteiger partial charge in [-0.15, -0.1) is 0 Å². The topological polar surface area (TPSA) is 52.6 Å². The first-order valence-corrected chi connectivity index (χ1v) is 7.67. The van der Waals surface area contributed by atoms with Gasteiger partial charge in [0.2, 0.25) is 5.60 Å². The highest BCUT2D eigenvalue weighted by Crippen LogP contribution is 2.65. The smallest absolute Gasteiger partial charge is 0.356 e. The lowest BCUT2D eigenvalue weighted by atomic mass is 9.66. The van der Waals surface area contributed by atoms with Crippen molar-refractivity contribution in [2.24, 2.45) is 10.8 Å². The van der Waals surface area contributed by atoms with Crippen LogP contribution in [0.15, 0.2) is 18.2 Å². The normalized spacial score (nSPS) is 32.0. The molecular weight excluding hydrogens is 280 g/mol. The molecule has 0 amide bonds. The molecule has 2 aliphatic rings. The third-order valence-corrected chi connectivity index (χ3v) is 6.10. The van der Waals surface area contributed by atoms with Gasteiger partial charge >= 0.3 is 11.9 Å². The lowest BCUT2D eigenvalue weighted by Gasteiger charge is -2.34. The van der Waals surface area contributed by atoms with E-state index in [1.54, 1.807) is 6.07 Å². The lowest BCUT2D eigenvalue weighted by Crippen LogP contribution is -2.50. The fourth-order valence-electron chi connectivity index (χ4n) is 3.67. The van der Waals surface area contributed by atoms with Crippen LogP contribution in [0.25, 0.3) is 0 Å². The predicted molar refractivity (Wildman–Crippen MR) is 81.5 cm³/mol. The van der Waals surface area contributed by atoms with Crippen molar-refractivity contribution in [1.82, 2.24) is 0 Å². The van der Waals surface area contributed by atoms with Crippen LogP contribution in [-0.2, 0) is 14.3 Å². The van der Waals surface area contributed by atoms with E-state index >= 15 is 0 Å². The molecule has 118 valence electrons. The maximum atomic E-state index is 12.8. The Hall–Kier alpha value is -1.84. The Labute approximate surface area is 130 Å². The van der Waals surface area contributed by atoms with Crippen LogP contribution in [0.3, 0.4) is 0 Å². The minimum absolute atomic E-state index is 0.291. The molecule has 1 saturated heterocycles. The van der Waals surface area contributed by atoms with Crippen LogP contribution in [0.4, 0.5) is 0 Å². The zero-order valence-electron chi connectivity index (χ0n) is 13.8. The van der Waals surface area contributed by atoms with Crippen molar-refractivity contribution in [3.05, 3.63) is 29.3 Å². The summed E-state index contributed by atoms with van der Waals surface area (Å²) < 4.78 is 11.1. The largest absolute Gasteiger partial charge is 0.446 e. The van der Waals surface area contributed by atoms with Gasteiger partial charge in [0, 0.05) is 5.41 Å². The van der Waals surface area contributed by atoms with Crippen molar-refractivity contribution in [3.63, 3.8) is 0 Å². The van der Waals surface area contributed by atoms with E-state index in [1.165, 1.54) is 0 Å². The molecule has 4 heteroatoms. The number of rotatable bonds is 2. The number of aryl methyl sites for hydroxylation is 2. The Morgan fingerprint density at radius 3 is 2.32 bits per heavy atom. The molecule has 0 radical (unpaired) electrons. The van der Waals surface area contributed by atoms with E-state index in [1.807, 2.05) is 46.8 Å². The molecule has 0 aromatic heterocycles. The van der Waals surface area contributed by atoms with Crippen molar-refractivity contribution < 1.29 is 19.1 Å². The van der Waals surface area contributed by atoms with Gasteiger partial charge < -0.3 is 9.47 Å². The molecule has 3 rings (SSSR count). The third kappa shape index (κ3) is 1.64. The zero-order valence-corrected chi connectivity index (χ0v) is 13.8. The number of hydrogen-bond acceptors (Lipinski definition) is 4. The molecule has 2 fully saturated rings. The minimum atomic E-state index is -1.17. The molecule has 0 spiro atoms. The molecule has 2 unspecified atom stereocenters. The molecule has 1 aliphatic carbocycles. The summed E-state index contributed by atoms with van der Waals surface area (Å²) in [7, 11) is 0. The van der Waals surface area contributed by atoms with Gasteiger partial charge in [0.1, 0.15) is 5.75 Å². The van der Waals surface area contributed by atoms with Crippen molar-refractivity contribution in [3.8, 4) is 5.75 Å². The second kappa shape index (κ2) is 4.34. The molecule has 1 saturated carbocycles. The van der Waals surface area contributed by atoms with Crippen molar-refractivity contribution in [2.45, 2.75) is 53.1 Å². The Morgan fingerprint density at radius 1 is 1.14 bits per heavy atom. The van der Waals surface area contributed by atoms with Gasteiger partial charge in [-0.25, -0.2) is 4.79 Å². The van der Waals surface area contributed by atoms with E-state index in [-0.39, 0.29) is 5.97 Å². The summed E-state index contributed by atoms with van der Waals surface area (Å²) in [5.74, 6) is -0.258. The third-order valence-electron chi connectivity index (χ3n) is 6.10. The monoisotopic (exact) mass is 302 g/mol. The van der Waals surface area contributed by atoms with Crippen LogP contribution in [0.1, 0.15) is 44.7 Å². The van der Waals surface area contributed by atoms with Gasteiger partial charge in [-0.1, -0.05) is 19.9 Å². The first kappa shape index (κ1) is 15.1. The molecule has 1 aromatic carbocycles. The fraction of sp³-hybridized carbons (Fsp3) is 0.556. The van der Waals surface area contributed by atoms with Crippen LogP contribution >= 0.6 is 0 Å². The molecular formula is C18H22O4. The number of hydrogen-bond donors (Lipinski definition) is 0. The van der Waals surface area contributed by atoms with E-state index in [4.69, 9.17) is 9.47 Å². The van der Waals surface area contributed by atoms with Crippen LogP contribution in [0.2, 0.25) is 0 Å². The molecule has 1 heterocycles. The van der Waals surface area contributed by atoms with Gasteiger partial charge in [0.05, 0.1) is 5.41 Å². The zero-order chi connectivity index (χ0) is 16.3. The highest BCUT2D eigenvalue weighted by molar-refractivity contribution is 5.94. The molecule has 2 bridgehead atoms. The van der Waals surface area contributed by atoms with Crippen molar-refractivity contribution in [2.75, 3.05) is 0 Å². The highest BCUT2D eigenvalue weighted by Gasteiger charge is 2.76. The first-order valence-electron chi connectivity index (χ1n) is 7.67. The Balaban J connectivity index is 1.92. The highest BCUT2D eigenvalue weighted by atomic mass is 16.6. The van der Waals surface area contributed by atoms with Gasteiger partial charge in [-0.3, -0.25) is 4.79 Å². The molecule has 1 aromatic rings. The molecule has 2 atom stereocenters. The Bertz CT molecular complexity index is 676. The van der Waals surface area contributed by atoms with E-state index in [2.05, 4.69) is 0 Å². The maximum absolute atomic E-state index is 12.8. The fourth-order valence-corrected chi connectivity index (χ4v) is 3.67. The van der Waals surface area contributed by atoms with Gasteiger partial charge in [-0.05, 0) is 56.9 Å². The van der Waals surface area contributed by atoms with Gasteiger partial charge in [0.25, 0.3) is 0 Å². The minimum Gasteiger partial charge on any atom is -0.446 e. The molecule has 0 N–H and O–H groups in total. The summed E-state index contributed by atoms with van der Waals surface area (Å²) in [4.78, 5) is 25.0. The molecule has 4 nitrogen and oxygen atoms in total. The maximum Gasteiger partial charge on any atom is 0.356 e. The lowest BCUT2D eigenvalue weighted by molar-refractivity contribution is -0.176. The summed E-state index contributed by atoms with van der Waals surface area (Å²) in [6.45, 7) is 9.70. The summed E-state index contributed by atoms with van der Waals surface area (Å²) in [5.41, 5.74) is -0.165. The average Bonchev–Trinajstić information content (AvgIpc) is 2.73. The number of esters is 2. The number of ether oxygens (including phenoxy) is 2. The SMILES string of the molecule is Cc1ccc(OC(=O)C23CCC(C)(C(=O)O2)C3(C)C)cc1C. The summed E-state index contributed by atoms with van der Waals surface area (Å²) >= 11 is 0. The Kier molecular flexibility index (Phi) is 2.97. The predicted octanol–water partition coefficient (Wildman–Crippen LogP) is 3.33. The molecule has 22 heavy (non-hydrogen) atoms. The van der Waals surface area contributed by atoms with E-state index in [0.29, 0.717) is 18.6 Å². The van der Waals surface area contributed by atoms with E-state index < -0.39 is 22.4 Å². The number of fused-ring (bicyclic) bond motifs is 2. The van der Waals surface area contributed by atoms with Crippen LogP contribution < -0.4 is 4.74 Å². The second-order valence-electron chi connectivity index (χ2n) is 7.31. The number of benzene rings is 1. The van der Waals surface area contributed by atoms with Crippen molar-refractivity contribution in [1.29, 1.82) is 0 Å². The van der Waals surface area contributed by atoms with Crippen LogP contribution in [-0.4, -0.2) is 17.5 Å². The summed E-state index contributed by atoms with van der Waals surface area (Å²) in [6.07, 6.45) is 1.17. The second-order valence-corrected chi connectivity index (χ2v) is 7.31.